The van der Waals surface area contributed by atoms with Crippen LogP contribution in [0.15, 0.2) is 58.7 Å². The standard InChI is InChI=1S/C15H10B2N4O2/c22-15-20-16(13-7-3-1-5-11(13)9-18-20)23-17-14-8-4-2-6-12(14)10-19-21(15)17/h1-10H. The molecule has 0 radical (unpaired) electrons. The van der Waals surface area contributed by atoms with Crippen LogP contribution in [0.2, 0.25) is 0 Å². The van der Waals surface area contributed by atoms with Gasteiger partial charge in [0.15, 0.2) is 0 Å². The Balaban J connectivity index is 1.63. The Morgan fingerprint density at radius 1 is 0.783 bits per heavy atom. The third kappa shape index (κ3) is 1.72. The van der Waals surface area contributed by atoms with Gasteiger partial charge in [0.2, 0.25) is 0 Å². The number of fused-ring (bicyclic) bond motifs is 6. The minimum atomic E-state index is -0.536. The van der Waals surface area contributed by atoms with Crippen molar-refractivity contribution in [3.05, 3.63) is 59.7 Å². The Labute approximate surface area is 133 Å². The van der Waals surface area contributed by atoms with Gasteiger partial charge in [-0.05, 0) is 22.1 Å². The second kappa shape index (κ2) is 4.57. The fourth-order valence-electron chi connectivity index (χ4n) is 3.13. The summed E-state index contributed by atoms with van der Waals surface area (Å²) in [7, 11) is -1.07. The van der Waals surface area contributed by atoms with Gasteiger partial charge in [0.25, 0.3) is 0 Å². The molecule has 8 heteroatoms. The maximum absolute atomic E-state index is 12.8. The third-order valence-corrected chi connectivity index (χ3v) is 4.26. The van der Waals surface area contributed by atoms with E-state index < -0.39 is 14.1 Å². The van der Waals surface area contributed by atoms with Gasteiger partial charge in [-0.3, -0.25) is 0 Å². The van der Waals surface area contributed by atoms with Crippen LogP contribution in [0.1, 0.15) is 11.1 Å². The van der Waals surface area contributed by atoms with Gasteiger partial charge >= 0.3 is 20.1 Å². The summed E-state index contributed by atoms with van der Waals surface area (Å²) in [6, 6.07) is 15.3. The lowest BCUT2D eigenvalue weighted by Gasteiger charge is -2.41. The molecule has 1 saturated heterocycles. The van der Waals surface area contributed by atoms with Crippen molar-refractivity contribution in [2.45, 2.75) is 0 Å². The predicted octanol–water partition coefficient (Wildman–Crippen LogP) is 0.226. The predicted molar refractivity (Wildman–Crippen MR) is 89.0 cm³/mol. The largest absolute Gasteiger partial charge is 0.465 e. The van der Waals surface area contributed by atoms with Crippen molar-refractivity contribution in [1.29, 1.82) is 0 Å². The van der Waals surface area contributed by atoms with Gasteiger partial charge in [-0.1, -0.05) is 48.5 Å². The molecule has 0 aliphatic carbocycles. The number of hydrazone groups is 2. The van der Waals surface area contributed by atoms with E-state index in [9.17, 15) is 4.79 Å². The summed E-state index contributed by atoms with van der Waals surface area (Å²) in [5.41, 5.74) is 3.79. The highest BCUT2D eigenvalue weighted by Crippen LogP contribution is 2.21. The summed E-state index contributed by atoms with van der Waals surface area (Å²) in [4.78, 5) is 15.4. The molecule has 3 aliphatic heterocycles. The first-order chi connectivity index (χ1) is 11.3. The lowest BCUT2D eigenvalue weighted by molar-refractivity contribution is 0.188. The van der Waals surface area contributed by atoms with E-state index in [1.807, 2.05) is 48.5 Å². The van der Waals surface area contributed by atoms with E-state index in [0.29, 0.717) is 0 Å². The topological polar surface area (TPSA) is 57.5 Å². The second-order valence-electron chi connectivity index (χ2n) is 5.56. The smallest absolute Gasteiger partial charge is 0.452 e. The van der Waals surface area contributed by atoms with Crippen molar-refractivity contribution in [3.8, 4) is 0 Å². The van der Waals surface area contributed by atoms with E-state index in [2.05, 4.69) is 10.2 Å². The minimum Gasteiger partial charge on any atom is -0.452 e. The molecule has 2 aromatic carbocycles. The molecule has 3 aliphatic rings. The first-order valence-corrected chi connectivity index (χ1v) is 7.36. The molecule has 0 bridgehead atoms. The normalized spacial score (nSPS) is 17.7. The number of nitrogens with zero attached hydrogens (tertiary/aromatic N) is 4. The molecule has 2 amide bonds. The van der Waals surface area contributed by atoms with E-state index >= 15 is 0 Å². The molecular formula is C15H10B2N4O2. The van der Waals surface area contributed by atoms with Gasteiger partial charge < -0.3 is 4.57 Å². The van der Waals surface area contributed by atoms with Crippen molar-refractivity contribution < 1.29 is 9.37 Å². The first-order valence-electron chi connectivity index (χ1n) is 7.36. The summed E-state index contributed by atoms with van der Waals surface area (Å²) in [6.45, 7) is 0. The van der Waals surface area contributed by atoms with Gasteiger partial charge in [0.05, 0.1) is 12.4 Å². The fraction of sp³-hybridized carbons (Fsp3) is 0. The Kier molecular flexibility index (Phi) is 2.51. The highest BCUT2D eigenvalue weighted by atomic mass is 16.4. The van der Waals surface area contributed by atoms with Crippen molar-refractivity contribution in [1.82, 2.24) is 9.84 Å². The van der Waals surface area contributed by atoms with Crippen LogP contribution in [0.5, 0.6) is 0 Å². The van der Waals surface area contributed by atoms with Crippen LogP contribution in [0.25, 0.3) is 0 Å². The number of hydrogen-bond acceptors (Lipinski definition) is 4. The van der Waals surface area contributed by atoms with Gasteiger partial charge in [-0.2, -0.15) is 10.2 Å². The van der Waals surface area contributed by atoms with E-state index in [-0.39, 0.29) is 6.03 Å². The van der Waals surface area contributed by atoms with E-state index in [0.717, 1.165) is 22.1 Å². The van der Waals surface area contributed by atoms with Crippen LogP contribution >= 0.6 is 0 Å². The maximum atomic E-state index is 12.8. The number of urea groups is 1. The Morgan fingerprint density at radius 2 is 1.26 bits per heavy atom. The molecule has 0 N–H and O–H groups in total. The average molecular weight is 300 g/mol. The highest BCUT2D eigenvalue weighted by Gasteiger charge is 2.51. The third-order valence-electron chi connectivity index (χ3n) is 4.26. The van der Waals surface area contributed by atoms with E-state index in [4.69, 9.17) is 4.57 Å². The molecule has 0 saturated carbocycles. The molecule has 1 fully saturated rings. The summed E-state index contributed by atoms with van der Waals surface area (Å²) in [6.07, 6.45) is 3.35. The lowest BCUT2D eigenvalue weighted by atomic mass is 9.59. The Hall–Kier alpha value is -2.86. The zero-order valence-electron chi connectivity index (χ0n) is 12.0. The number of rotatable bonds is 0. The zero-order valence-corrected chi connectivity index (χ0v) is 12.0. The van der Waals surface area contributed by atoms with E-state index in [1.54, 1.807) is 12.4 Å². The molecule has 0 spiro atoms. The van der Waals surface area contributed by atoms with Crippen molar-refractivity contribution in [2.24, 2.45) is 10.2 Å². The van der Waals surface area contributed by atoms with Crippen LogP contribution in [0, 0.1) is 0 Å². The Morgan fingerprint density at radius 3 is 1.78 bits per heavy atom. The number of carbonyl (C=O) groups excluding carboxylic acids is 1. The fourth-order valence-corrected chi connectivity index (χ4v) is 3.13. The first kappa shape index (κ1) is 12.7. The van der Waals surface area contributed by atoms with Gasteiger partial charge in [0.1, 0.15) is 0 Å². The summed E-state index contributed by atoms with van der Waals surface area (Å²) in [5.74, 6) is 0. The molecule has 0 atom stereocenters. The number of benzene rings is 2. The van der Waals surface area contributed by atoms with Gasteiger partial charge in [0, 0.05) is 0 Å². The number of amides is 2. The summed E-state index contributed by atoms with van der Waals surface area (Å²) >= 11 is 0. The van der Waals surface area contributed by atoms with Crippen molar-refractivity contribution in [2.75, 3.05) is 0 Å². The van der Waals surface area contributed by atoms with Crippen LogP contribution in [0.3, 0.4) is 0 Å². The molecule has 3 heterocycles. The second-order valence-corrected chi connectivity index (χ2v) is 5.56. The molecule has 2 aromatic rings. The number of carbonyl (C=O) groups is 1. The zero-order chi connectivity index (χ0) is 15.4. The molecule has 0 unspecified atom stereocenters. The molecule has 0 aromatic heterocycles. The average Bonchev–Trinajstić information content (AvgIpc) is 2.61. The van der Waals surface area contributed by atoms with Crippen LogP contribution in [-0.2, 0) is 4.57 Å². The highest BCUT2D eigenvalue weighted by molar-refractivity contribution is 6.83. The molecule has 23 heavy (non-hydrogen) atoms. The lowest BCUT2D eigenvalue weighted by Crippen LogP contribution is -2.70. The summed E-state index contributed by atoms with van der Waals surface area (Å²) < 4.78 is 6.22. The molecule has 108 valence electrons. The van der Waals surface area contributed by atoms with Crippen LogP contribution in [0.4, 0.5) is 4.79 Å². The van der Waals surface area contributed by atoms with Gasteiger partial charge in [-0.25, -0.2) is 14.6 Å². The van der Waals surface area contributed by atoms with Crippen LogP contribution in [-0.4, -0.2) is 42.4 Å². The maximum Gasteiger partial charge on any atom is 0.465 e. The molecule has 6 nitrogen and oxygen atoms in total. The van der Waals surface area contributed by atoms with E-state index in [1.165, 1.54) is 9.84 Å². The van der Waals surface area contributed by atoms with Crippen LogP contribution < -0.4 is 10.9 Å². The SMILES string of the molecule is O=C1N2N=Cc3ccccc3B2OB2c3ccccc3C=NN21. The minimum absolute atomic E-state index is 0.289. The number of hydrogen-bond donors (Lipinski definition) is 0. The quantitative estimate of drug-likeness (QED) is 0.654. The summed E-state index contributed by atoms with van der Waals surface area (Å²) in [5, 5.41) is 8.48. The molecule has 5 rings (SSSR count). The van der Waals surface area contributed by atoms with Gasteiger partial charge in [-0.15, -0.1) is 0 Å². The monoisotopic (exact) mass is 300 g/mol. The van der Waals surface area contributed by atoms with Crippen molar-refractivity contribution in [3.63, 3.8) is 0 Å². The molecular weight excluding hydrogens is 290 g/mol. The van der Waals surface area contributed by atoms with Crippen molar-refractivity contribution >= 4 is 43.5 Å². The Bertz CT molecular complexity index is 816.